The Morgan fingerprint density at radius 1 is 1.14 bits per heavy atom. The van der Waals surface area contributed by atoms with Crippen LogP contribution < -0.4 is 0 Å². The van der Waals surface area contributed by atoms with Gasteiger partial charge in [0.05, 0.1) is 6.61 Å². The van der Waals surface area contributed by atoms with Crippen molar-refractivity contribution in [3.8, 4) is 0 Å². The molecule has 1 aromatic carbocycles. The van der Waals surface area contributed by atoms with Crippen molar-refractivity contribution < 1.29 is 14.3 Å². The first-order chi connectivity index (χ1) is 14.1. The number of hydrogen-bond donors (Lipinski definition) is 0. The lowest BCUT2D eigenvalue weighted by atomic mass is 9.72. The summed E-state index contributed by atoms with van der Waals surface area (Å²) in [6.07, 6.45) is 6.16. The minimum atomic E-state index is -0.601. The van der Waals surface area contributed by atoms with E-state index in [9.17, 15) is 9.59 Å². The highest BCUT2D eigenvalue weighted by Gasteiger charge is 2.43. The Morgan fingerprint density at radius 3 is 2.72 bits per heavy atom. The predicted molar refractivity (Wildman–Crippen MR) is 111 cm³/mol. The number of allylic oxidation sites excluding steroid dienone is 2. The van der Waals surface area contributed by atoms with E-state index in [1.54, 1.807) is 12.4 Å². The van der Waals surface area contributed by atoms with E-state index >= 15 is 0 Å². The Kier molecular flexibility index (Phi) is 5.65. The van der Waals surface area contributed by atoms with Gasteiger partial charge in [-0.25, -0.2) is 0 Å². The number of ether oxygens (including phenoxy) is 1. The van der Waals surface area contributed by atoms with Crippen molar-refractivity contribution in [3.05, 3.63) is 77.3 Å². The molecule has 0 N–H and O–H groups in total. The maximum atomic E-state index is 13.1. The highest BCUT2D eigenvalue weighted by Crippen LogP contribution is 2.43. The topological polar surface area (TPSA) is 68.6 Å². The number of carbonyl (C=O) groups is 2. The maximum absolute atomic E-state index is 13.1. The molecule has 2 atom stereocenters. The van der Waals surface area contributed by atoms with E-state index in [0.29, 0.717) is 30.7 Å². The van der Waals surface area contributed by atoms with Gasteiger partial charge >= 0.3 is 5.97 Å². The van der Waals surface area contributed by atoms with E-state index in [-0.39, 0.29) is 17.7 Å². The van der Waals surface area contributed by atoms with E-state index in [1.165, 1.54) is 0 Å². The normalized spacial score (nSPS) is 21.4. The Labute approximate surface area is 170 Å². The van der Waals surface area contributed by atoms with Crippen LogP contribution in [0.4, 0.5) is 0 Å². The largest absolute Gasteiger partial charge is 0.465 e. The standard InChI is InChI=1S/C24H24N2O3/c1-16-21(24(28)29-14-12-17-7-3-2-4-8-17)22(18-9-6-13-25-15-18)23-19(26-16)10-5-11-20(23)27/h2-4,6-9,13,15,21-22H,5,10-12,14H2,1H3/t21?,22-/m0/s1. The van der Waals surface area contributed by atoms with Gasteiger partial charge in [-0.3, -0.25) is 19.6 Å². The van der Waals surface area contributed by atoms with E-state index < -0.39 is 5.92 Å². The zero-order valence-corrected chi connectivity index (χ0v) is 16.5. The molecule has 0 fully saturated rings. The fourth-order valence-corrected chi connectivity index (χ4v) is 4.24. The van der Waals surface area contributed by atoms with Crippen molar-refractivity contribution in [2.24, 2.45) is 10.9 Å². The third-order valence-corrected chi connectivity index (χ3v) is 5.61. The van der Waals surface area contributed by atoms with Gasteiger partial charge in [0.2, 0.25) is 0 Å². The molecule has 0 saturated carbocycles. The minimum absolute atomic E-state index is 0.0819. The molecule has 4 rings (SSSR count). The average Bonchev–Trinajstić information content (AvgIpc) is 2.74. The van der Waals surface area contributed by atoms with Crippen molar-refractivity contribution >= 4 is 17.5 Å². The Hall–Kier alpha value is -3.08. The third kappa shape index (κ3) is 4.04. The first-order valence-electron chi connectivity index (χ1n) is 10.1. The van der Waals surface area contributed by atoms with Crippen LogP contribution in [-0.4, -0.2) is 29.1 Å². The van der Waals surface area contributed by atoms with Crippen LogP contribution in [0.2, 0.25) is 0 Å². The Balaban J connectivity index is 1.60. The van der Waals surface area contributed by atoms with Crippen LogP contribution >= 0.6 is 0 Å². The zero-order chi connectivity index (χ0) is 20.2. The molecule has 29 heavy (non-hydrogen) atoms. The van der Waals surface area contributed by atoms with Crippen LogP contribution in [0.1, 0.15) is 43.2 Å². The number of pyridine rings is 1. The second-order valence-corrected chi connectivity index (χ2v) is 7.54. The highest BCUT2D eigenvalue weighted by molar-refractivity contribution is 6.08. The molecule has 2 aliphatic rings. The quantitative estimate of drug-likeness (QED) is 0.725. The number of rotatable bonds is 5. The van der Waals surface area contributed by atoms with Gasteiger partial charge in [-0.2, -0.15) is 0 Å². The number of Topliss-reactive ketones (excluding diaryl/α,β-unsaturated/α-hetero) is 1. The number of benzene rings is 1. The molecule has 1 aromatic heterocycles. The summed E-state index contributed by atoms with van der Waals surface area (Å²) in [7, 11) is 0. The third-order valence-electron chi connectivity index (χ3n) is 5.61. The van der Waals surface area contributed by atoms with Gasteiger partial charge in [0.25, 0.3) is 0 Å². The van der Waals surface area contributed by atoms with E-state index in [0.717, 1.165) is 29.7 Å². The minimum Gasteiger partial charge on any atom is -0.465 e. The molecule has 0 amide bonds. The summed E-state index contributed by atoms with van der Waals surface area (Å²) < 4.78 is 5.65. The predicted octanol–water partition coefficient (Wildman–Crippen LogP) is 4.05. The smallest absolute Gasteiger partial charge is 0.315 e. The summed E-state index contributed by atoms with van der Waals surface area (Å²) in [4.78, 5) is 34.8. The molecule has 148 valence electrons. The second kappa shape index (κ2) is 8.52. The van der Waals surface area contributed by atoms with Crippen LogP contribution in [0.5, 0.6) is 0 Å². The molecule has 0 spiro atoms. The number of hydrogen-bond acceptors (Lipinski definition) is 5. The first kappa shape index (κ1) is 19.2. The molecular formula is C24H24N2O3. The van der Waals surface area contributed by atoms with Crippen LogP contribution in [-0.2, 0) is 20.7 Å². The molecule has 5 heteroatoms. The van der Waals surface area contributed by atoms with Crippen LogP contribution in [0.15, 0.2) is 71.1 Å². The molecule has 0 bridgehead atoms. The summed E-state index contributed by atoms with van der Waals surface area (Å²) >= 11 is 0. The summed E-state index contributed by atoms with van der Waals surface area (Å²) in [5, 5.41) is 0. The first-order valence-corrected chi connectivity index (χ1v) is 10.1. The molecule has 5 nitrogen and oxygen atoms in total. The molecule has 1 aliphatic carbocycles. The number of carbonyl (C=O) groups excluding carboxylic acids is 2. The lowest BCUT2D eigenvalue weighted by molar-refractivity contribution is -0.146. The molecular weight excluding hydrogens is 364 g/mol. The number of esters is 1. The average molecular weight is 388 g/mol. The Morgan fingerprint density at radius 2 is 1.97 bits per heavy atom. The SMILES string of the molecule is CC1=NC2=C(C(=O)CCC2)[C@@H](c2cccnc2)C1C(=O)OCCc1ccccc1. The van der Waals surface area contributed by atoms with Crippen molar-refractivity contribution in [1.82, 2.24) is 4.98 Å². The van der Waals surface area contributed by atoms with Crippen LogP contribution in [0.25, 0.3) is 0 Å². The van der Waals surface area contributed by atoms with E-state index in [1.807, 2.05) is 49.4 Å². The summed E-state index contributed by atoms with van der Waals surface area (Å²) in [6, 6.07) is 13.7. The van der Waals surface area contributed by atoms with Crippen molar-refractivity contribution in [3.63, 3.8) is 0 Å². The number of nitrogens with zero attached hydrogens (tertiary/aromatic N) is 2. The highest BCUT2D eigenvalue weighted by atomic mass is 16.5. The van der Waals surface area contributed by atoms with Gasteiger partial charge in [-0.1, -0.05) is 36.4 Å². The van der Waals surface area contributed by atoms with E-state index in [4.69, 9.17) is 4.74 Å². The monoisotopic (exact) mass is 388 g/mol. The molecule has 2 heterocycles. The van der Waals surface area contributed by atoms with Gasteiger partial charge in [0.1, 0.15) is 5.92 Å². The van der Waals surface area contributed by atoms with Crippen molar-refractivity contribution in [1.29, 1.82) is 0 Å². The Bertz CT molecular complexity index is 964. The molecule has 0 saturated heterocycles. The fourth-order valence-electron chi connectivity index (χ4n) is 4.24. The molecule has 1 unspecified atom stereocenters. The molecule has 1 aliphatic heterocycles. The molecule has 0 radical (unpaired) electrons. The maximum Gasteiger partial charge on any atom is 0.315 e. The van der Waals surface area contributed by atoms with Crippen molar-refractivity contribution in [2.75, 3.05) is 6.61 Å². The van der Waals surface area contributed by atoms with Gasteiger partial charge < -0.3 is 4.74 Å². The lowest BCUT2D eigenvalue weighted by Crippen LogP contribution is -2.37. The summed E-state index contributed by atoms with van der Waals surface area (Å²) in [6.45, 7) is 2.15. The van der Waals surface area contributed by atoms with Crippen LogP contribution in [0.3, 0.4) is 0 Å². The van der Waals surface area contributed by atoms with Gasteiger partial charge in [-0.05, 0) is 37.0 Å². The van der Waals surface area contributed by atoms with Crippen molar-refractivity contribution in [2.45, 2.75) is 38.5 Å². The molecule has 2 aromatic rings. The van der Waals surface area contributed by atoms with Gasteiger partial charge in [0, 0.05) is 48.1 Å². The van der Waals surface area contributed by atoms with Gasteiger partial charge in [-0.15, -0.1) is 0 Å². The van der Waals surface area contributed by atoms with E-state index in [2.05, 4.69) is 9.98 Å². The fraction of sp³-hybridized carbons (Fsp3) is 0.333. The number of aliphatic imine (C=N–C) groups is 1. The lowest BCUT2D eigenvalue weighted by Gasteiger charge is -2.34. The number of aromatic nitrogens is 1. The summed E-state index contributed by atoms with van der Waals surface area (Å²) in [5.74, 6) is -1.23. The second-order valence-electron chi connectivity index (χ2n) is 7.54. The number of ketones is 1. The zero-order valence-electron chi connectivity index (χ0n) is 16.5. The van der Waals surface area contributed by atoms with Crippen LogP contribution in [0, 0.1) is 5.92 Å². The summed E-state index contributed by atoms with van der Waals surface area (Å²) in [5.41, 5.74) is 4.16. The van der Waals surface area contributed by atoms with Gasteiger partial charge in [0.15, 0.2) is 5.78 Å².